The number of rotatable bonds is 5. The van der Waals surface area contributed by atoms with Gasteiger partial charge >= 0.3 is 12.0 Å². The maximum Gasteiger partial charge on any atom is 0.382 e. The second kappa shape index (κ2) is 5.93. The molecule has 1 rings (SSSR count). The fraction of sp³-hybridized carbons (Fsp3) is 0.364. The Bertz CT molecular complexity index is 404. The fourth-order valence-corrected chi connectivity index (χ4v) is 1.33. The summed E-state index contributed by atoms with van der Waals surface area (Å²) in [5.41, 5.74) is 0.515. The van der Waals surface area contributed by atoms with Gasteiger partial charge in [-0.25, -0.2) is 9.18 Å². The molecule has 0 spiro atoms. The SMILES string of the molecule is CCOC(=O)C(Cc1ccc(F)cc1)[N+](=O)[O-]. The molecule has 17 heavy (non-hydrogen) atoms. The van der Waals surface area contributed by atoms with Gasteiger partial charge in [-0.2, -0.15) is 0 Å². The summed E-state index contributed by atoms with van der Waals surface area (Å²) in [7, 11) is 0. The molecule has 0 bridgehead atoms. The van der Waals surface area contributed by atoms with Crippen LogP contribution in [0, 0.1) is 15.9 Å². The predicted molar refractivity (Wildman–Crippen MR) is 57.5 cm³/mol. The molecule has 0 fully saturated rings. The molecule has 1 aromatic rings. The maximum absolute atomic E-state index is 12.6. The molecule has 0 saturated heterocycles. The van der Waals surface area contributed by atoms with Gasteiger partial charge < -0.3 is 4.74 Å². The summed E-state index contributed by atoms with van der Waals surface area (Å²) in [6.45, 7) is 1.67. The Morgan fingerprint density at radius 1 is 1.47 bits per heavy atom. The van der Waals surface area contributed by atoms with Crippen molar-refractivity contribution in [3.63, 3.8) is 0 Å². The molecule has 0 heterocycles. The summed E-state index contributed by atoms with van der Waals surface area (Å²) >= 11 is 0. The van der Waals surface area contributed by atoms with Crippen molar-refractivity contribution >= 4 is 5.97 Å². The van der Waals surface area contributed by atoms with E-state index in [1.165, 1.54) is 24.3 Å². The van der Waals surface area contributed by atoms with Gasteiger partial charge in [-0.05, 0) is 24.6 Å². The van der Waals surface area contributed by atoms with Crippen LogP contribution < -0.4 is 0 Å². The molecule has 6 heteroatoms. The number of hydrogen-bond donors (Lipinski definition) is 0. The average molecular weight is 241 g/mol. The Morgan fingerprint density at radius 3 is 2.53 bits per heavy atom. The van der Waals surface area contributed by atoms with Gasteiger partial charge in [-0.1, -0.05) is 12.1 Å². The molecule has 0 aliphatic carbocycles. The van der Waals surface area contributed by atoms with Gasteiger partial charge in [0.1, 0.15) is 5.82 Å². The van der Waals surface area contributed by atoms with E-state index in [1.807, 2.05) is 0 Å². The number of nitro groups is 1. The third kappa shape index (κ3) is 3.82. The van der Waals surface area contributed by atoms with E-state index in [2.05, 4.69) is 4.74 Å². The molecule has 1 atom stereocenters. The van der Waals surface area contributed by atoms with Crippen molar-refractivity contribution in [2.45, 2.75) is 19.4 Å². The Balaban J connectivity index is 2.76. The zero-order valence-electron chi connectivity index (χ0n) is 9.26. The number of esters is 1. The quantitative estimate of drug-likeness (QED) is 0.446. The van der Waals surface area contributed by atoms with Crippen LogP contribution in [-0.4, -0.2) is 23.5 Å². The molecular formula is C11H12FNO4. The second-order valence-electron chi connectivity index (χ2n) is 3.38. The van der Waals surface area contributed by atoms with Gasteiger partial charge in [0.2, 0.25) is 0 Å². The smallest absolute Gasteiger partial charge is 0.382 e. The van der Waals surface area contributed by atoms with Crippen LogP contribution in [0.2, 0.25) is 0 Å². The van der Waals surface area contributed by atoms with Crippen molar-refractivity contribution in [2.24, 2.45) is 0 Å². The van der Waals surface area contributed by atoms with Gasteiger partial charge in [-0.15, -0.1) is 0 Å². The summed E-state index contributed by atoms with van der Waals surface area (Å²) in [6, 6.07) is 3.76. The fourth-order valence-electron chi connectivity index (χ4n) is 1.33. The predicted octanol–water partition coefficient (Wildman–Crippen LogP) is 1.58. The monoisotopic (exact) mass is 241 g/mol. The molecule has 0 amide bonds. The van der Waals surface area contributed by atoms with Crippen molar-refractivity contribution in [2.75, 3.05) is 6.61 Å². The number of hydrogen-bond acceptors (Lipinski definition) is 4. The van der Waals surface area contributed by atoms with Gasteiger partial charge in [0.25, 0.3) is 0 Å². The first-order valence-corrected chi connectivity index (χ1v) is 5.09. The number of benzene rings is 1. The minimum absolute atomic E-state index is 0.0899. The molecule has 5 nitrogen and oxygen atoms in total. The van der Waals surface area contributed by atoms with Crippen LogP contribution in [-0.2, 0) is 16.0 Å². The molecule has 0 aliphatic heterocycles. The Labute approximate surface area is 97.3 Å². The van der Waals surface area contributed by atoms with Crippen LogP contribution in [0.5, 0.6) is 0 Å². The van der Waals surface area contributed by atoms with E-state index in [1.54, 1.807) is 6.92 Å². The largest absolute Gasteiger partial charge is 0.461 e. The Kier molecular flexibility index (Phi) is 4.56. The van der Waals surface area contributed by atoms with Gasteiger partial charge in [0, 0.05) is 4.92 Å². The number of carbonyl (C=O) groups is 1. The van der Waals surface area contributed by atoms with Crippen LogP contribution in [0.4, 0.5) is 4.39 Å². The average Bonchev–Trinajstić information content (AvgIpc) is 2.28. The van der Waals surface area contributed by atoms with Crippen molar-refractivity contribution < 1.29 is 18.8 Å². The van der Waals surface area contributed by atoms with Crippen molar-refractivity contribution in [1.82, 2.24) is 0 Å². The lowest BCUT2D eigenvalue weighted by Gasteiger charge is -2.08. The van der Waals surface area contributed by atoms with Crippen molar-refractivity contribution in [3.8, 4) is 0 Å². The van der Waals surface area contributed by atoms with Crippen LogP contribution >= 0.6 is 0 Å². The van der Waals surface area contributed by atoms with E-state index in [4.69, 9.17) is 0 Å². The van der Waals surface area contributed by atoms with Crippen LogP contribution in [0.15, 0.2) is 24.3 Å². The zero-order chi connectivity index (χ0) is 12.8. The van der Waals surface area contributed by atoms with E-state index in [-0.39, 0.29) is 13.0 Å². The highest BCUT2D eigenvalue weighted by atomic mass is 19.1. The van der Waals surface area contributed by atoms with Gasteiger partial charge in [0.05, 0.1) is 13.0 Å². The first-order chi connectivity index (χ1) is 8.04. The molecule has 1 aromatic carbocycles. The molecule has 0 aliphatic rings. The highest BCUT2D eigenvalue weighted by molar-refractivity contribution is 5.74. The highest BCUT2D eigenvalue weighted by Crippen LogP contribution is 2.08. The van der Waals surface area contributed by atoms with Gasteiger partial charge in [0.15, 0.2) is 0 Å². The summed E-state index contributed by atoms with van der Waals surface area (Å²) in [5.74, 6) is -1.30. The third-order valence-electron chi connectivity index (χ3n) is 2.16. The molecule has 0 aromatic heterocycles. The summed E-state index contributed by atoms with van der Waals surface area (Å²) < 4.78 is 17.2. The van der Waals surface area contributed by atoms with Crippen LogP contribution in [0.25, 0.3) is 0 Å². The minimum Gasteiger partial charge on any atom is -0.461 e. The minimum atomic E-state index is -1.44. The van der Waals surface area contributed by atoms with E-state index >= 15 is 0 Å². The first-order valence-electron chi connectivity index (χ1n) is 5.09. The standard InChI is InChI=1S/C11H12FNO4/c1-2-17-11(14)10(13(15)16)7-8-3-5-9(12)6-4-8/h3-6,10H,2,7H2,1H3. The van der Waals surface area contributed by atoms with E-state index < -0.39 is 22.8 Å². The summed E-state index contributed by atoms with van der Waals surface area (Å²) in [5, 5.41) is 10.7. The molecule has 0 saturated carbocycles. The normalized spacial score (nSPS) is 11.9. The van der Waals surface area contributed by atoms with Gasteiger partial charge in [-0.3, -0.25) is 10.1 Å². The molecular weight excluding hydrogens is 229 g/mol. The molecule has 1 unspecified atom stereocenters. The lowest BCUT2D eigenvalue weighted by atomic mass is 10.1. The van der Waals surface area contributed by atoms with Crippen LogP contribution in [0.3, 0.4) is 0 Å². The number of nitrogens with zero attached hydrogens (tertiary/aromatic N) is 1. The van der Waals surface area contributed by atoms with Crippen molar-refractivity contribution in [3.05, 3.63) is 45.8 Å². The van der Waals surface area contributed by atoms with Crippen LogP contribution in [0.1, 0.15) is 12.5 Å². The first kappa shape index (κ1) is 13.1. The maximum atomic E-state index is 12.6. The highest BCUT2D eigenvalue weighted by Gasteiger charge is 2.31. The Morgan fingerprint density at radius 2 is 2.06 bits per heavy atom. The second-order valence-corrected chi connectivity index (χ2v) is 3.38. The number of carbonyl (C=O) groups excluding carboxylic acids is 1. The molecule has 0 radical (unpaired) electrons. The third-order valence-corrected chi connectivity index (χ3v) is 2.16. The molecule has 92 valence electrons. The van der Waals surface area contributed by atoms with E-state index in [0.29, 0.717) is 5.56 Å². The number of ether oxygens (including phenoxy) is 1. The van der Waals surface area contributed by atoms with Crippen molar-refractivity contribution in [1.29, 1.82) is 0 Å². The lowest BCUT2D eigenvalue weighted by Crippen LogP contribution is -2.33. The number of halogens is 1. The zero-order valence-corrected chi connectivity index (χ0v) is 9.26. The topological polar surface area (TPSA) is 69.4 Å². The Hall–Kier alpha value is -1.98. The summed E-state index contributed by atoms with van der Waals surface area (Å²) in [6.07, 6.45) is -0.105. The molecule has 0 N–H and O–H groups in total. The lowest BCUT2D eigenvalue weighted by molar-refractivity contribution is -0.510. The van der Waals surface area contributed by atoms with E-state index in [9.17, 15) is 19.3 Å². The van der Waals surface area contributed by atoms with E-state index in [0.717, 1.165) is 0 Å². The summed E-state index contributed by atoms with van der Waals surface area (Å²) in [4.78, 5) is 21.3.